The standard InChI is InChI=1S/C15H24N4O2/c1-10-17-15(21-18-10)11-5-7-19(8-6-11)14(20)9-12-3-2-4-13(12)16/h11-13H,2-9,16H2,1H3/t12-,13+/m0/s1. The van der Waals surface area contributed by atoms with E-state index in [4.69, 9.17) is 10.3 Å². The summed E-state index contributed by atoms with van der Waals surface area (Å²) in [6.45, 7) is 3.40. The van der Waals surface area contributed by atoms with Crippen molar-refractivity contribution in [1.82, 2.24) is 15.0 Å². The lowest BCUT2D eigenvalue weighted by atomic mass is 9.95. The van der Waals surface area contributed by atoms with Gasteiger partial charge in [0.15, 0.2) is 5.82 Å². The zero-order valence-corrected chi connectivity index (χ0v) is 12.6. The average molecular weight is 292 g/mol. The zero-order valence-electron chi connectivity index (χ0n) is 12.6. The van der Waals surface area contributed by atoms with Crippen molar-refractivity contribution in [1.29, 1.82) is 0 Å². The van der Waals surface area contributed by atoms with E-state index in [1.54, 1.807) is 0 Å². The van der Waals surface area contributed by atoms with Gasteiger partial charge in [-0.15, -0.1) is 0 Å². The second-order valence-corrected chi connectivity index (χ2v) is 6.39. The number of aromatic nitrogens is 2. The summed E-state index contributed by atoms with van der Waals surface area (Å²) >= 11 is 0. The molecule has 0 spiro atoms. The van der Waals surface area contributed by atoms with Gasteiger partial charge in [-0.3, -0.25) is 4.79 Å². The van der Waals surface area contributed by atoms with E-state index in [0.717, 1.165) is 51.1 Å². The molecule has 0 aromatic carbocycles. The second kappa shape index (κ2) is 6.13. The van der Waals surface area contributed by atoms with Crippen LogP contribution in [0.3, 0.4) is 0 Å². The molecular formula is C15H24N4O2. The van der Waals surface area contributed by atoms with E-state index >= 15 is 0 Å². The van der Waals surface area contributed by atoms with E-state index in [9.17, 15) is 4.79 Å². The third-order valence-corrected chi connectivity index (χ3v) is 4.89. The molecule has 1 aliphatic carbocycles. The van der Waals surface area contributed by atoms with E-state index in [1.165, 1.54) is 0 Å². The molecule has 1 amide bonds. The molecule has 2 fully saturated rings. The van der Waals surface area contributed by atoms with Crippen LogP contribution in [0.25, 0.3) is 0 Å². The van der Waals surface area contributed by atoms with E-state index < -0.39 is 0 Å². The van der Waals surface area contributed by atoms with Crippen LogP contribution in [-0.4, -0.2) is 40.1 Å². The van der Waals surface area contributed by atoms with Crippen molar-refractivity contribution in [3.05, 3.63) is 11.7 Å². The molecule has 1 aromatic rings. The number of amides is 1. The summed E-state index contributed by atoms with van der Waals surface area (Å²) in [6, 6.07) is 0.216. The molecule has 2 aliphatic rings. The molecule has 2 heterocycles. The summed E-state index contributed by atoms with van der Waals surface area (Å²) in [5.41, 5.74) is 6.06. The maximum absolute atomic E-state index is 12.4. The molecule has 1 saturated carbocycles. The number of rotatable bonds is 3. The number of hydrogen-bond acceptors (Lipinski definition) is 5. The number of hydrogen-bond donors (Lipinski definition) is 1. The summed E-state index contributed by atoms with van der Waals surface area (Å²) in [6.07, 6.45) is 5.76. The van der Waals surface area contributed by atoms with Crippen LogP contribution in [0.4, 0.5) is 0 Å². The van der Waals surface area contributed by atoms with Crippen molar-refractivity contribution < 1.29 is 9.32 Å². The van der Waals surface area contributed by atoms with Crippen molar-refractivity contribution in [3.8, 4) is 0 Å². The summed E-state index contributed by atoms with van der Waals surface area (Å²) in [4.78, 5) is 18.6. The lowest BCUT2D eigenvalue weighted by molar-refractivity contribution is -0.133. The first-order chi connectivity index (χ1) is 10.1. The van der Waals surface area contributed by atoms with Gasteiger partial charge in [-0.1, -0.05) is 11.6 Å². The molecule has 0 radical (unpaired) electrons. The quantitative estimate of drug-likeness (QED) is 0.914. The highest BCUT2D eigenvalue weighted by Crippen LogP contribution is 2.30. The Morgan fingerprint density at radius 1 is 1.33 bits per heavy atom. The number of carbonyl (C=O) groups excluding carboxylic acids is 1. The molecule has 1 saturated heterocycles. The van der Waals surface area contributed by atoms with Gasteiger partial charge >= 0.3 is 0 Å². The van der Waals surface area contributed by atoms with E-state index in [1.807, 2.05) is 11.8 Å². The normalized spacial score (nSPS) is 27.2. The second-order valence-electron chi connectivity index (χ2n) is 6.39. The Morgan fingerprint density at radius 3 is 2.67 bits per heavy atom. The zero-order chi connectivity index (χ0) is 14.8. The molecule has 1 aliphatic heterocycles. The van der Waals surface area contributed by atoms with Crippen LogP contribution in [0.1, 0.15) is 56.2 Å². The first-order valence-electron chi connectivity index (χ1n) is 7.97. The molecule has 2 atom stereocenters. The van der Waals surface area contributed by atoms with Gasteiger partial charge in [0.2, 0.25) is 11.8 Å². The highest BCUT2D eigenvalue weighted by molar-refractivity contribution is 5.76. The SMILES string of the molecule is Cc1noc(C2CCN(C(=O)C[C@@H]3CCC[C@H]3N)CC2)n1. The van der Waals surface area contributed by atoms with Crippen molar-refractivity contribution in [2.24, 2.45) is 11.7 Å². The topological polar surface area (TPSA) is 85.2 Å². The summed E-state index contributed by atoms with van der Waals surface area (Å²) < 4.78 is 5.24. The van der Waals surface area contributed by atoms with Gasteiger partial charge in [0, 0.05) is 31.5 Å². The Balaban J connectivity index is 1.50. The molecule has 0 unspecified atom stereocenters. The maximum Gasteiger partial charge on any atom is 0.229 e. The maximum atomic E-state index is 12.4. The largest absolute Gasteiger partial charge is 0.343 e. The van der Waals surface area contributed by atoms with Crippen molar-refractivity contribution in [3.63, 3.8) is 0 Å². The van der Waals surface area contributed by atoms with Crippen molar-refractivity contribution >= 4 is 5.91 Å². The Hall–Kier alpha value is -1.43. The van der Waals surface area contributed by atoms with Crippen molar-refractivity contribution in [2.45, 2.75) is 57.4 Å². The van der Waals surface area contributed by atoms with Gasteiger partial charge in [-0.25, -0.2) is 0 Å². The Bertz CT molecular complexity index is 494. The minimum atomic E-state index is 0.216. The molecule has 1 aromatic heterocycles. The number of piperidine rings is 1. The Morgan fingerprint density at radius 2 is 2.10 bits per heavy atom. The highest BCUT2D eigenvalue weighted by atomic mass is 16.5. The number of carbonyl (C=O) groups is 1. The molecule has 116 valence electrons. The fraction of sp³-hybridized carbons (Fsp3) is 0.800. The number of likely N-dealkylation sites (tertiary alicyclic amines) is 1. The Labute approximate surface area is 125 Å². The van der Waals surface area contributed by atoms with E-state index in [0.29, 0.717) is 24.1 Å². The van der Waals surface area contributed by atoms with Crippen LogP contribution in [0, 0.1) is 12.8 Å². The molecule has 2 N–H and O–H groups in total. The monoisotopic (exact) mass is 292 g/mol. The van der Waals surface area contributed by atoms with E-state index in [2.05, 4.69) is 10.1 Å². The molecule has 6 heteroatoms. The van der Waals surface area contributed by atoms with Crippen LogP contribution >= 0.6 is 0 Å². The molecule has 3 rings (SSSR count). The smallest absolute Gasteiger partial charge is 0.229 e. The van der Waals surface area contributed by atoms with Crippen LogP contribution in [0.5, 0.6) is 0 Å². The first kappa shape index (κ1) is 14.5. The van der Waals surface area contributed by atoms with Gasteiger partial charge in [-0.2, -0.15) is 4.98 Å². The van der Waals surface area contributed by atoms with Gasteiger partial charge in [0.1, 0.15) is 0 Å². The van der Waals surface area contributed by atoms with Gasteiger partial charge in [-0.05, 0) is 38.5 Å². The molecule has 21 heavy (non-hydrogen) atoms. The average Bonchev–Trinajstić information content (AvgIpc) is 3.08. The van der Waals surface area contributed by atoms with Gasteiger partial charge in [0.05, 0.1) is 0 Å². The van der Waals surface area contributed by atoms with Crippen LogP contribution < -0.4 is 5.73 Å². The summed E-state index contributed by atoms with van der Waals surface area (Å²) in [5.74, 6) is 2.34. The number of nitrogens with zero attached hydrogens (tertiary/aromatic N) is 3. The minimum Gasteiger partial charge on any atom is -0.343 e. The molecular weight excluding hydrogens is 268 g/mol. The van der Waals surface area contributed by atoms with Gasteiger partial charge in [0.25, 0.3) is 0 Å². The van der Waals surface area contributed by atoms with E-state index in [-0.39, 0.29) is 11.9 Å². The summed E-state index contributed by atoms with van der Waals surface area (Å²) in [7, 11) is 0. The van der Waals surface area contributed by atoms with Crippen molar-refractivity contribution in [2.75, 3.05) is 13.1 Å². The highest BCUT2D eigenvalue weighted by Gasteiger charge is 2.31. The third kappa shape index (κ3) is 3.26. The Kier molecular flexibility index (Phi) is 4.24. The third-order valence-electron chi connectivity index (χ3n) is 4.89. The number of nitrogens with two attached hydrogens (primary N) is 1. The van der Waals surface area contributed by atoms with Crippen LogP contribution in [-0.2, 0) is 4.79 Å². The lowest BCUT2D eigenvalue weighted by Gasteiger charge is -2.31. The molecule has 0 bridgehead atoms. The minimum absolute atomic E-state index is 0.216. The van der Waals surface area contributed by atoms with Crippen LogP contribution in [0.2, 0.25) is 0 Å². The predicted molar refractivity (Wildman–Crippen MR) is 77.5 cm³/mol. The molecule has 6 nitrogen and oxygen atoms in total. The predicted octanol–water partition coefficient (Wildman–Crippen LogP) is 1.60. The van der Waals surface area contributed by atoms with Crippen LogP contribution in [0.15, 0.2) is 4.52 Å². The fourth-order valence-electron chi connectivity index (χ4n) is 3.53. The van der Waals surface area contributed by atoms with Gasteiger partial charge < -0.3 is 15.2 Å². The fourth-order valence-corrected chi connectivity index (χ4v) is 3.53. The summed E-state index contributed by atoms with van der Waals surface area (Å²) in [5, 5.41) is 3.84. The number of aryl methyl sites for hydroxylation is 1. The first-order valence-corrected chi connectivity index (χ1v) is 7.97. The lowest BCUT2D eigenvalue weighted by Crippen LogP contribution is -2.40.